The first-order valence-electron chi connectivity index (χ1n) is 14.0. The number of hydrogen-bond acceptors (Lipinski definition) is 10. The van der Waals surface area contributed by atoms with Crippen molar-refractivity contribution in [3.8, 4) is 28.6 Å². The number of methoxy groups -OCH3 is 3. The third-order valence-corrected chi connectivity index (χ3v) is 7.37. The van der Waals surface area contributed by atoms with E-state index in [0.29, 0.717) is 70.1 Å². The number of hydrogen-bond donors (Lipinski definition) is 1. The first-order chi connectivity index (χ1) is 21.8. The van der Waals surface area contributed by atoms with Gasteiger partial charge in [0.05, 0.1) is 53.0 Å². The number of nitrogens with zero attached hydrogens (tertiary/aromatic N) is 6. The highest BCUT2D eigenvalue weighted by Crippen LogP contribution is 2.41. The molecule has 0 amide bonds. The van der Waals surface area contributed by atoms with Gasteiger partial charge in [-0.2, -0.15) is 13.2 Å². The fraction of sp³-hybridized carbons (Fsp3) is 0.290. The van der Waals surface area contributed by atoms with E-state index in [9.17, 15) is 13.2 Å². The zero-order valence-corrected chi connectivity index (χ0v) is 24.8. The van der Waals surface area contributed by atoms with Crippen LogP contribution in [0.1, 0.15) is 11.1 Å². The van der Waals surface area contributed by atoms with E-state index in [4.69, 9.17) is 28.9 Å². The summed E-state index contributed by atoms with van der Waals surface area (Å²) in [5, 5.41) is 3.31. The predicted octanol–water partition coefficient (Wildman–Crippen LogP) is 5.56. The standard InChI is InChI=1S/C31H30F3N7O4/c1-42-23-14-22(15-24(43-2)27(23)44-3)37-29-26-30(41(18-36-26)17-19-4-7-21(8-5-19)31(32,33)34)39-28(38-29)20-6-9-25(35-16-20)40-10-12-45-13-11-40/h4-9,14-16,18H,10-13,17H2,1-3H3,(H,37,38,39). The smallest absolute Gasteiger partial charge is 0.416 e. The van der Waals surface area contributed by atoms with E-state index in [1.807, 2.05) is 12.1 Å². The van der Waals surface area contributed by atoms with Crippen LogP contribution in [0.3, 0.4) is 0 Å². The molecule has 1 aliphatic heterocycles. The predicted molar refractivity (Wildman–Crippen MR) is 162 cm³/mol. The Morgan fingerprint density at radius 2 is 1.60 bits per heavy atom. The molecule has 14 heteroatoms. The van der Waals surface area contributed by atoms with Gasteiger partial charge in [-0.05, 0) is 29.8 Å². The van der Waals surface area contributed by atoms with Gasteiger partial charge in [0.25, 0.3) is 0 Å². The van der Waals surface area contributed by atoms with E-state index in [1.165, 1.54) is 33.5 Å². The van der Waals surface area contributed by atoms with E-state index >= 15 is 0 Å². The Balaban J connectivity index is 1.41. The zero-order chi connectivity index (χ0) is 31.6. The van der Waals surface area contributed by atoms with Crippen molar-refractivity contribution in [3.63, 3.8) is 0 Å². The Kier molecular flexibility index (Phi) is 8.30. The van der Waals surface area contributed by atoms with Crippen LogP contribution in [-0.4, -0.2) is 72.1 Å². The summed E-state index contributed by atoms with van der Waals surface area (Å²) in [7, 11) is 4.58. The molecule has 1 saturated heterocycles. The second-order valence-electron chi connectivity index (χ2n) is 10.2. The fourth-order valence-corrected chi connectivity index (χ4v) is 5.06. The average molecular weight is 622 g/mol. The van der Waals surface area contributed by atoms with Gasteiger partial charge < -0.3 is 33.7 Å². The lowest BCUT2D eigenvalue weighted by Crippen LogP contribution is -2.36. The molecule has 1 N–H and O–H groups in total. The summed E-state index contributed by atoms with van der Waals surface area (Å²) in [6, 6.07) is 12.3. The number of halogens is 3. The van der Waals surface area contributed by atoms with Gasteiger partial charge in [0.2, 0.25) is 5.75 Å². The molecule has 6 rings (SSSR count). The van der Waals surface area contributed by atoms with Crippen LogP contribution in [0.25, 0.3) is 22.6 Å². The maximum absolute atomic E-state index is 13.1. The van der Waals surface area contributed by atoms with Crippen LogP contribution >= 0.6 is 0 Å². The highest BCUT2D eigenvalue weighted by Gasteiger charge is 2.30. The molecule has 0 atom stereocenters. The summed E-state index contributed by atoms with van der Waals surface area (Å²) >= 11 is 0. The third-order valence-electron chi connectivity index (χ3n) is 7.37. The highest BCUT2D eigenvalue weighted by molar-refractivity contribution is 5.88. The average Bonchev–Trinajstić information content (AvgIpc) is 3.47. The maximum Gasteiger partial charge on any atom is 0.416 e. The summed E-state index contributed by atoms with van der Waals surface area (Å²) in [6.07, 6.45) is -1.12. The Morgan fingerprint density at radius 3 is 2.20 bits per heavy atom. The maximum atomic E-state index is 13.1. The molecule has 234 valence electrons. The minimum atomic E-state index is -4.42. The van der Waals surface area contributed by atoms with Crippen LogP contribution in [-0.2, 0) is 17.5 Å². The fourth-order valence-electron chi connectivity index (χ4n) is 5.06. The summed E-state index contributed by atoms with van der Waals surface area (Å²) in [4.78, 5) is 21.0. The number of fused-ring (bicyclic) bond motifs is 1. The van der Waals surface area contributed by atoms with Crippen molar-refractivity contribution in [1.29, 1.82) is 0 Å². The van der Waals surface area contributed by atoms with Gasteiger partial charge in [-0.25, -0.2) is 19.9 Å². The largest absolute Gasteiger partial charge is 0.493 e. The van der Waals surface area contributed by atoms with Crippen LogP contribution in [0.4, 0.5) is 30.5 Å². The lowest BCUT2D eigenvalue weighted by Gasteiger charge is -2.27. The van der Waals surface area contributed by atoms with Crippen molar-refractivity contribution >= 4 is 28.5 Å². The van der Waals surface area contributed by atoms with E-state index < -0.39 is 11.7 Å². The van der Waals surface area contributed by atoms with Crippen molar-refractivity contribution < 1.29 is 32.1 Å². The molecule has 0 bridgehead atoms. The van der Waals surface area contributed by atoms with Crippen molar-refractivity contribution in [2.75, 3.05) is 57.8 Å². The molecule has 0 aliphatic carbocycles. The van der Waals surface area contributed by atoms with Crippen molar-refractivity contribution in [1.82, 2.24) is 24.5 Å². The Bertz CT molecular complexity index is 1760. The molecule has 0 saturated carbocycles. The number of aromatic nitrogens is 5. The zero-order valence-electron chi connectivity index (χ0n) is 24.8. The Hall–Kier alpha value is -5.11. The van der Waals surface area contributed by atoms with Gasteiger partial charge in [0.15, 0.2) is 34.3 Å². The SMILES string of the molecule is COc1cc(Nc2nc(-c3ccc(N4CCOCC4)nc3)nc3c2ncn3Cc2ccc(C(F)(F)F)cc2)cc(OC)c1OC. The van der Waals surface area contributed by atoms with E-state index in [1.54, 1.807) is 29.2 Å². The molecular weight excluding hydrogens is 591 g/mol. The molecule has 0 radical (unpaired) electrons. The number of imidazole rings is 1. The summed E-state index contributed by atoms with van der Waals surface area (Å²) in [5.74, 6) is 2.93. The van der Waals surface area contributed by atoms with Crippen LogP contribution < -0.4 is 24.4 Å². The Morgan fingerprint density at radius 1 is 0.889 bits per heavy atom. The van der Waals surface area contributed by atoms with Gasteiger partial charge in [-0.1, -0.05) is 12.1 Å². The molecule has 4 heterocycles. The number of pyridine rings is 1. The van der Waals surface area contributed by atoms with Crippen molar-refractivity contribution in [2.24, 2.45) is 0 Å². The molecule has 11 nitrogen and oxygen atoms in total. The van der Waals surface area contributed by atoms with Gasteiger partial charge in [0, 0.05) is 42.7 Å². The first kappa shape index (κ1) is 29.9. The number of alkyl halides is 3. The van der Waals surface area contributed by atoms with Crippen LogP contribution in [0.2, 0.25) is 0 Å². The van der Waals surface area contributed by atoms with Crippen LogP contribution in [0, 0.1) is 0 Å². The molecule has 0 spiro atoms. The molecule has 2 aromatic carbocycles. The topological polar surface area (TPSA) is 109 Å². The molecular formula is C31H30F3N7O4. The number of ether oxygens (including phenoxy) is 4. The quantitative estimate of drug-likeness (QED) is 0.225. The Labute approximate surface area is 256 Å². The number of rotatable bonds is 9. The first-order valence-corrected chi connectivity index (χ1v) is 14.0. The van der Waals surface area contributed by atoms with Crippen LogP contribution in [0.15, 0.2) is 61.1 Å². The lowest BCUT2D eigenvalue weighted by atomic mass is 10.1. The van der Waals surface area contributed by atoms with Crippen LogP contribution in [0.5, 0.6) is 17.2 Å². The summed E-state index contributed by atoms with van der Waals surface area (Å²) < 4.78 is 63.1. The highest BCUT2D eigenvalue weighted by atomic mass is 19.4. The third kappa shape index (κ3) is 6.27. The van der Waals surface area contributed by atoms with Gasteiger partial charge >= 0.3 is 6.18 Å². The number of anilines is 3. The van der Waals surface area contributed by atoms with Gasteiger partial charge in [0.1, 0.15) is 5.82 Å². The summed E-state index contributed by atoms with van der Waals surface area (Å²) in [5.41, 5.74) is 2.14. The molecule has 45 heavy (non-hydrogen) atoms. The second kappa shape index (κ2) is 12.5. The van der Waals surface area contributed by atoms with Crippen molar-refractivity contribution in [2.45, 2.75) is 12.7 Å². The van der Waals surface area contributed by atoms with E-state index in [-0.39, 0.29) is 6.54 Å². The molecule has 3 aromatic heterocycles. The lowest BCUT2D eigenvalue weighted by molar-refractivity contribution is -0.137. The van der Waals surface area contributed by atoms with Gasteiger partial charge in [-0.3, -0.25) is 0 Å². The molecule has 1 aliphatic rings. The van der Waals surface area contributed by atoms with Crippen molar-refractivity contribution in [3.05, 3.63) is 72.2 Å². The minimum Gasteiger partial charge on any atom is -0.493 e. The number of benzene rings is 2. The van der Waals surface area contributed by atoms with E-state index in [2.05, 4.69) is 20.2 Å². The monoisotopic (exact) mass is 621 g/mol. The van der Waals surface area contributed by atoms with Gasteiger partial charge in [-0.15, -0.1) is 0 Å². The second-order valence-corrected chi connectivity index (χ2v) is 10.2. The molecule has 5 aromatic rings. The normalized spacial score (nSPS) is 13.6. The number of nitrogens with one attached hydrogen (secondary N) is 1. The summed E-state index contributed by atoms with van der Waals surface area (Å²) in [6.45, 7) is 3.02. The molecule has 0 unspecified atom stereocenters. The van der Waals surface area contributed by atoms with E-state index in [0.717, 1.165) is 31.0 Å². The number of morpholine rings is 1. The minimum absolute atomic E-state index is 0.239. The molecule has 1 fully saturated rings.